The van der Waals surface area contributed by atoms with Gasteiger partial charge in [-0.1, -0.05) is 6.07 Å². The maximum Gasteiger partial charge on any atom is 0.206 e. The van der Waals surface area contributed by atoms with E-state index < -0.39 is 0 Å². The number of carbonyl (C=O) groups excluding carboxylic acids is 1. The average Bonchev–Trinajstić information content (AvgIpc) is 2.84. The topological polar surface area (TPSA) is 72.5 Å². The molecule has 1 aromatic heterocycles. The van der Waals surface area contributed by atoms with E-state index in [1.54, 1.807) is 17.5 Å². The van der Waals surface area contributed by atoms with Crippen molar-refractivity contribution in [2.24, 2.45) is 0 Å². The van der Waals surface area contributed by atoms with Crippen LogP contribution < -0.4 is 10.5 Å². The van der Waals surface area contributed by atoms with Crippen molar-refractivity contribution < 1.29 is 14.6 Å². The Morgan fingerprint density at radius 2 is 2.24 bits per heavy atom. The molecule has 1 heterocycles. The summed E-state index contributed by atoms with van der Waals surface area (Å²) in [5.74, 6) is -0.0217. The molecule has 1 aromatic carbocycles. The molecule has 0 aliphatic carbocycles. The SMILES string of the molecule is COc1cc(O)c(C(=O)c2cccs2)cc1N. The number of nitrogen functional groups attached to an aromatic ring is 1. The third kappa shape index (κ3) is 2.09. The molecule has 0 aliphatic heterocycles. The predicted molar refractivity (Wildman–Crippen MR) is 66.8 cm³/mol. The van der Waals surface area contributed by atoms with Crippen LogP contribution in [0.1, 0.15) is 15.2 Å². The van der Waals surface area contributed by atoms with Crippen LogP contribution in [0.4, 0.5) is 5.69 Å². The summed E-state index contributed by atoms with van der Waals surface area (Å²) in [4.78, 5) is 12.6. The van der Waals surface area contributed by atoms with Crippen molar-refractivity contribution in [2.75, 3.05) is 12.8 Å². The number of methoxy groups -OCH3 is 1. The van der Waals surface area contributed by atoms with Gasteiger partial charge in [0.2, 0.25) is 5.78 Å². The molecule has 0 saturated heterocycles. The normalized spacial score (nSPS) is 10.2. The van der Waals surface area contributed by atoms with Crippen molar-refractivity contribution in [1.29, 1.82) is 0 Å². The molecule has 0 saturated carbocycles. The highest BCUT2D eigenvalue weighted by Crippen LogP contribution is 2.32. The summed E-state index contributed by atoms with van der Waals surface area (Å²) >= 11 is 1.32. The lowest BCUT2D eigenvalue weighted by atomic mass is 10.1. The molecular formula is C12H11NO3S. The van der Waals surface area contributed by atoms with E-state index in [9.17, 15) is 9.90 Å². The molecule has 0 unspecified atom stereocenters. The molecular weight excluding hydrogens is 238 g/mol. The van der Waals surface area contributed by atoms with Gasteiger partial charge in [0.1, 0.15) is 11.5 Å². The second kappa shape index (κ2) is 4.47. The number of hydrogen-bond acceptors (Lipinski definition) is 5. The molecule has 2 rings (SSSR count). The van der Waals surface area contributed by atoms with Crippen LogP contribution in [0, 0.1) is 0 Å². The Kier molecular flexibility index (Phi) is 3.01. The molecule has 0 spiro atoms. The first kappa shape index (κ1) is 11.5. The Balaban J connectivity index is 2.46. The third-order valence-corrected chi connectivity index (χ3v) is 3.21. The summed E-state index contributed by atoms with van der Waals surface area (Å²) in [7, 11) is 1.45. The van der Waals surface area contributed by atoms with Crippen molar-refractivity contribution in [3.63, 3.8) is 0 Å². The lowest BCUT2D eigenvalue weighted by Gasteiger charge is -2.08. The predicted octanol–water partition coefficient (Wildman–Crippen LogP) is 2.28. The Labute approximate surface area is 102 Å². The molecule has 0 amide bonds. The Morgan fingerprint density at radius 1 is 1.47 bits per heavy atom. The average molecular weight is 249 g/mol. The van der Waals surface area contributed by atoms with Crippen molar-refractivity contribution in [2.45, 2.75) is 0 Å². The molecule has 4 nitrogen and oxygen atoms in total. The second-order valence-electron chi connectivity index (χ2n) is 3.42. The number of ketones is 1. The van der Waals surface area contributed by atoms with Crippen LogP contribution >= 0.6 is 11.3 Å². The minimum Gasteiger partial charge on any atom is -0.507 e. The fourth-order valence-electron chi connectivity index (χ4n) is 1.48. The number of phenols is 1. The van der Waals surface area contributed by atoms with Crippen LogP contribution in [-0.4, -0.2) is 18.0 Å². The fraction of sp³-hybridized carbons (Fsp3) is 0.0833. The van der Waals surface area contributed by atoms with Gasteiger partial charge in [-0.15, -0.1) is 11.3 Å². The van der Waals surface area contributed by atoms with E-state index in [0.29, 0.717) is 16.3 Å². The van der Waals surface area contributed by atoms with E-state index in [0.717, 1.165) is 0 Å². The number of phenolic OH excluding ortho intramolecular Hbond substituents is 1. The molecule has 5 heteroatoms. The maximum atomic E-state index is 12.0. The van der Waals surface area contributed by atoms with Crippen molar-refractivity contribution >= 4 is 22.8 Å². The number of benzene rings is 1. The molecule has 17 heavy (non-hydrogen) atoms. The summed E-state index contributed by atoms with van der Waals surface area (Å²) in [5.41, 5.74) is 6.22. The van der Waals surface area contributed by atoms with Crippen molar-refractivity contribution in [3.8, 4) is 11.5 Å². The van der Waals surface area contributed by atoms with Crippen molar-refractivity contribution in [1.82, 2.24) is 0 Å². The van der Waals surface area contributed by atoms with Gasteiger partial charge in [0.05, 0.1) is 23.2 Å². The van der Waals surface area contributed by atoms with E-state index in [4.69, 9.17) is 10.5 Å². The monoisotopic (exact) mass is 249 g/mol. The zero-order valence-corrected chi connectivity index (χ0v) is 9.95. The highest BCUT2D eigenvalue weighted by molar-refractivity contribution is 7.12. The van der Waals surface area contributed by atoms with E-state index in [-0.39, 0.29) is 17.1 Å². The first-order chi connectivity index (χ1) is 8.13. The molecule has 0 aliphatic rings. The number of thiophene rings is 1. The van der Waals surface area contributed by atoms with Gasteiger partial charge in [0, 0.05) is 6.07 Å². The van der Waals surface area contributed by atoms with Crippen LogP contribution in [0.3, 0.4) is 0 Å². The van der Waals surface area contributed by atoms with Gasteiger partial charge >= 0.3 is 0 Å². The lowest BCUT2D eigenvalue weighted by Crippen LogP contribution is -2.02. The summed E-state index contributed by atoms with van der Waals surface area (Å²) in [6, 6.07) is 6.25. The van der Waals surface area contributed by atoms with Gasteiger partial charge in [-0.3, -0.25) is 4.79 Å². The van der Waals surface area contributed by atoms with Crippen LogP contribution in [0.15, 0.2) is 29.6 Å². The highest BCUT2D eigenvalue weighted by Gasteiger charge is 2.17. The van der Waals surface area contributed by atoms with Gasteiger partial charge in [-0.05, 0) is 17.5 Å². The zero-order chi connectivity index (χ0) is 12.4. The zero-order valence-electron chi connectivity index (χ0n) is 9.14. The van der Waals surface area contributed by atoms with Gasteiger partial charge in [0.25, 0.3) is 0 Å². The van der Waals surface area contributed by atoms with Gasteiger partial charge < -0.3 is 15.6 Å². The fourth-order valence-corrected chi connectivity index (χ4v) is 2.16. The highest BCUT2D eigenvalue weighted by atomic mass is 32.1. The molecule has 3 N–H and O–H groups in total. The van der Waals surface area contributed by atoms with Crippen LogP contribution in [-0.2, 0) is 0 Å². The first-order valence-electron chi connectivity index (χ1n) is 4.88. The summed E-state index contributed by atoms with van der Waals surface area (Å²) in [6.07, 6.45) is 0. The smallest absolute Gasteiger partial charge is 0.206 e. The van der Waals surface area contributed by atoms with Gasteiger partial charge in [0.15, 0.2) is 0 Å². The number of ether oxygens (including phenoxy) is 1. The molecule has 0 fully saturated rings. The Morgan fingerprint density at radius 3 is 2.82 bits per heavy atom. The first-order valence-corrected chi connectivity index (χ1v) is 5.76. The number of nitrogens with two attached hydrogens (primary N) is 1. The number of rotatable bonds is 3. The minimum atomic E-state index is -0.244. The number of anilines is 1. The van der Waals surface area contributed by atoms with E-state index in [1.807, 2.05) is 0 Å². The Bertz CT molecular complexity index is 549. The van der Waals surface area contributed by atoms with Crippen LogP contribution in [0.25, 0.3) is 0 Å². The molecule has 0 radical (unpaired) electrons. The van der Waals surface area contributed by atoms with E-state index >= 15 is 0 Å². The maximum absolute atomic E-state index is 12.0. The van der Waals surface area contributed by atoms with E-state index in [1.165, 1.54) is 30.6 Å². The van der Waals surface area contributed by atoms with E-state index in [2.05, 4.69) is 0 Å². The van der Waals surface area contributed by atoms with Gasteiger partial charge in [-0.2, -0.15) is 0 Å². The molecule has 88 valence electrons. The van der Waals surface area contributed by atoms with Gasteiger partial charge in [-0.25, -0.2) is 0 Å². The molecule has 0 bridgehead atoms. The van der Waals surface area contributed by atoms with Crippen molar-refractivity contribution in [3.05, 3.63) is 40.1 Å². The summed E-state index contributed by atoms with van der Waals surface area (Å²) in [5, 5.41) is 11.6. The lowest BCUT2D eigenvalue weighted by molar-refractivity contribution is 0.104. The quantitative estimate of drug-likeness (QED) is 0.497. The summed E-state index contributed by atoms with van der Waals surface area (Å²) < 4.78 is 4.96. The molecule has 0 atom stereocenters. The standard InChI is InChI=1S/C12H11NO3S/c1-16-10-6-9(14)7(5-8(10)13)12(15)11-3-2-4-17-11/h2-6,14H,13H2,1H3. The Hall–Kier alpha value is -2.01. The summed E-state index contributed by atoms with van der Waals surface area (Å²) in [6.45, 7) is 0. The largest absolute Gasteiger partial charge is 0.507 e. The number of hydrogen-bond donors (Lipinski definition) is 2. The number of aromatic hydroxyl groups is 1. The van der Waals surface area contributed by atoms with Crippen LogP contribution in [0.2, 0.25) is 0 Å². The molecule has 2 aromatic rings. The minimum absolute atomic E-state index is 0.130. The third-order valence-electron chi connectivity index (χ3n) is 2.34. The van der Waals surface area contributed by atoms with Crippen LogP contribution in [0.5, 0.6) is 11.5 Å². The second-order valence-corrected chi connectivity index (χ2v) is 4.37. The number of carbonyl (C=O) groups is 1.